The van der Waals surface area contributed by atoms with Crippen LogP contribution in [0.25, 0.3) is 0 Å². The summed E-state index contributed by atoms with van der Waals surface area (Å²) >= 11 is 0. The number of piperazine rings is 1. The van der Waals surface area contributed by atoms with Crippen LogP contribution in [0, 0.1) is 0 Å². The first-order valence-electron chi connectivity index (χ1n) is 8.10. The molecule has 14 heavy (non-hydrogen) atoms. The van der Waals surface area contributed by atoms with E-state index in [2.05, 4.69) is 0 Å². The summed E-state index contributed by atoms with van der Waals surface area (Å²) in [5.74, 6) is 0.464. The maximum absolute atomic E-state index is 7.97. The quantitative estimate of drug-likeness (QED) is 0.774. The number of ether oxygens (including phenoxy) is 1. The molecule has 1 heterocycles. The van der Waals surface area contributed by atoms with E-state index < -0.39 is 26.0 Å². The van der Waals surface area contributed by atoms with Crippen molar-refractivity contribution in [3.8, 4) is 5.75 Å². The molecule has 0 saturated carbocycles. The minimum atomic E-state index is -2.82. The van der Waals surface area contributed by atoms with Gasteiger partial charge in [0.15, 0.2) is 0 Å². The highest BCUT2D eigenvalue weighted by Crippen LogP contribution is 2.19. The molecule has 0 aliphatic carbocycles. The summed E-state index contributed by atoms with van der Waals surface area (Å²) < 4.78 is 67.8. The van der Waals surface area contributed by atoms with E-state index in [-0.39, 0.29) is 5.69 Å². The van der Waals surface area contributed by atoms with Gasteiger partial charge in [0.25, 0.3) is 0 Å². The summed E-state index contributed by atoms with van der Waals surface area (Å²) in [5.41, 5.74) is 0.00468. The zero-order valence-corrected chi connectivity index (χ0v) is 7.66. The van der Waals surface area contributed by atoms with Gasteiger partial charge in [0.1, 0.15) is 5.75 Å². The maximum atomic E-state index is 7.97. The van der Waals surface area contributed by atoms with Crippen LogP contribution in [0.15, 0.2) is 24.3 Å². The van der Waals surface area contributed by atoms with Gasteiger partial charge < -0.3 is 15.0 Å². The second-order valence-corrected chi connectivity index (χ2v) is 2.63. The van der Waals surface area contributed by atoms with Crippen molar-refractivity contribution in [1.29, 1.82) is 0 Å². The normalized spacial score (nSPS) is 39.6. The lowest BCUT2D eigenvalue weighted by molar-refractivity contribution is 0.415. The first-order chi connectivity index (χ1) is 9.87. The molecule has 1 N–H and O–H groups in total. The average Bonchev–Trinajstić information content (AvgIpc) is 2.36. The third-order valence-corrected chi connectivity index (χ3v) is 1.79. The molecule has 0 aromatic heterocycles. The van der Waals surface area contributed by atoms with E-state index in [1.165, 1.54) is 31.4 Å². The smallest absolute Gasteiger partial charge is 0.119 e. The van der Waals surface area contributed by atoms with Crippen molar-refractivity contribution < 1.29 is 15.7 Å². The fourth-order valence-electron chi connectivity index (χ4n) is 1.09. The van der Waals surface area contributed by atoms with Gasteiger partial charge >= 0.3 is 0 Å². The van der Waals surface area contributed by atoms with Crippen LogP contribution < -0.4 is 15.0 Å². The zero-order chi connectivity index (χ0) is 17.0. The number of hydrogen-bond acceptors (Lipinski definition) is 3. The molecule has 3 heteroatoms. The average molecular weight is 200 g/mol. The molecule has 1 aromatic rings. The SMILES string of the molecule is [2H]C1([2H])NC([2H])([2H])C([2H])([2H])N(c2ccc(OC)cc2)C1([2H])[2H]. The zero-order valence-electron chi connectivity index (χ0n) is 15.7. The lowest BCUT2D eigenvalue weighted by atomic mass is 10.2. The molecule has 0 radical (unpaired) electrons. The Balaban J connectivity index is 2.60. The van der Waals surface area contributed by atoms with E-state index in [1.54, 1.807) is 5.32 Å². The second-order valence-electron chi connectivity index (χ2n) is 2.63. The van der Waals surface area contributed by atoms with Crippen LogP contribution in [0.2, 0.25) is 0 Å². The number of anilines is 1. The Kier molecular flexibility index (Phi) is 1.16. The van der Waals surface area contributed by atoms with E-state index in [0.29, 0.717) is 10.6 Å². The minimum Gasteiger partial charge on any atom is -0.497 e. The number of rotatable bonds is 2. The van der Waals surface area contributed by atoms with Crippen molar-refractivity contribution >= 4 is 5.69 Å². The molecule has 1 fully saturated rings. The van der Waals surface area contributed by atoms with Crippen LogP contribution in [0.3, 0.4) is 0 Å². The molecule has 76 valence electrons. The minimum absolute atomic E-state index is 0.00468. The highest BCUT2D eigenvalue weighted by molar-refractivity contribution is 5.49. The van der Waals surface area contributed by atoms with Gasteiger partial charge in [-0.3, -0.25) is 0 Å². The fourth-order valence-corrected chi connectivity index (χ4v) is 1.09. The van der Waals surface area contributed by atoms with Gasteiger partial charge in [-0.2, -0.15) is 0 Å². The Morgan fingerprint density at radius 3 is 2.50 bits per heavy atom. The molecule has 1 aromatic carbocycles. The summed E-state index contributed by atoms with van der Waals surface area (Å²) in [7, 11) is 1.44. The van der Waals surface area contributed by atoms with Crippen LogP contribution in [-0.4, -0.2) is 33.1 Å². The van der Waals surface area contributed by atoms with Crippen molar-refractivity contribution in [2.45, 2.75) is 0 Å². The predicted molar refractivity (Wildman–Crippen MR) is 58.1 cm³/mol. The number of methoxy groups -OCH3 is 1. The van der Waals surface area contributed by atoms with Crippen LogP contribution in [0.5, 0.6) is 5.75 Å². The number of nitrogens with zero attached hydrogens (tertiary/aromatic N) is 1. The Morgan fingerprint density at radius 1 is 1.29 bits per heavy atom. The third-order valence-electron chi connectivity index (χ3n) is 1.79. The second kappa shape index (κ2) is 4.33. The van der Waals surface area contributed by atoms with Gasteiger partial charge in [-0.05, 0) is 24.3 Å². The number of benzene rings is 1. The Labute approximate surface area is 95.9 Å². The van der Waals surface area contributed by atoms with Gasteiger partial charge in [0.05, 0.1) is 12.6 Å². The molecule has 0 amide bonds. The lowest BCUT2D eigenvalue weighted by Crippen LogP contribution is -2.43. The van der Waals surface area contributed by atoms with Gasteiger partial charge in [0, 0.05) is 37.2 Å². The predicted octanol–water partition coefficient (Wildman–Crippen LogP) is 1.10. The molecule has 0 bridgehead atoms. The monoisotopic (exact) mass is 200 g/mol. The Bertz CT molecular complexity index is 534. The van der Waals surface area contributed by atoms with Crippen molar-refractivity contribution in [3.63, 3.8) is 0 Å². The van der Waals surface area contributed by atoms with Crippen LogP contribution in [0.1, 0.15) is 11.0 Å². The third kappa shape index (κ3) is 1.99. The van der Waals surface area contributed by atoms with Gasteiger partial charge in [-0.25, -0.2) is 0 Å². The van der Waals surface area contributed by atoms with E-state index in [0.717, 1.165) is 0 Å². The van der Waals surface area contributed by atoms with Crippen LogP contribution >= 0.6 is 0 Å². The Hall–Kier alpha value is -1.22. The van der Waals surface area contributed by atoms with Crippen molar-refractivity contribution in [2.75, 3.05) is 38.0 Å². The van der Waals surface area contributed by atoms with Gasteiger partial charge in [-0.15, -0.1) is 0 Å². The van der Waals surface area contributed by atoms with Crippen molar-refractivity contribution in [2.24, 2.45) is 0 Å². The highest BCUT2D eigenvalue weighted by atomic mass is 16.5. The van der Waals surface area contributed by atoms with Crippen molar-refractivity contribution in [3.05, 3.63) is 24.3 Å². The number of hydrogen-bond donors (Lipinski definition) is 1. The molecule has 3 nitrogen and oxygen atoms in total. The molecule has 1 aliphatic heterocycles. The topological polar surface area (TPSA) is 24.5 Å². The summed E-state index contributed by atoms with van der Waals surface area (Å²) in [4.78, 5) is 0.482. The molecule has 1 aliphatic rings. The number of nitrogens with one attached hydrogen (secondary N) is 1. The molecule has 0 spiro atoms. The highest BCUT2D eigenvalue weighted by Gasteiger charge is 2.09. The lowest BCUT2D eigenvalue weighted by Gasteiger charge is -2.29. The van der Waals surface area contributed by atoms with E-state index in [9.17, 15) is 0 Å². The van der Waals surface area contributed by atoms with Crippen LogP contribution in [0.4, 0.5) is 5.69 Å². The molecular formula is C11H16N2O. The molecule has 0 atom stereocenters. The molecule has 1 saturated heterocycles. The summed E-state index contributed by atoms with van der Waals surface area (Å²) in [5, 5.41) is 1.79. The van der Waals surface area contributed by atoms with Gasteiger partial charge in [0.2, 0.25) is 0 Å². The first-order valence-corrected chi connectivity index (χ1v) is 4.10. The summed E-state index contributed by atoms with van der Waals surface area (Å²) in [6, 6.07) is 5.64. The summed E-state index contributed by atoms with van der Waals surface area (Å²) in [6.45, 7) is -11.3. The van der Waals surface area contributed by atoms with E-state index in [4.69, 9.17) is 15.7 Å². The van der Waals surface area contributed by atoms with Gasteiger partial charge in [-0.1, -0.05) is 0 Å². The van der Waals surface area contributed by atoms with Crippen molar-refractivity contribution in [1.82, 2.24) is 5.32 Å². The standard InChI is InChI=1S/C11H16N2O/c1-14-11-4-2-10(3-5-11)13-8-6-12-7-9-13/h2-5,12H,6-9H2,1H3/i6D2,7D2,8D2,9D2. The fraction of sp³-hybridized carbons (Fsp3) is 0.455. The molecule has 2 rings (SSSR count). The molecular weight excluding hydrogens is 176 g/mol. The maximum Gasteiger partial charge on any atom is 0.119 e. The van der Waals surface area contributed by atoms with Crippen LogP contribution in [-0.2, 0) is 0 Å². The molecule has 0 unspecified atom stereocenters. The first kappa shape index (κ1) is 3.74. The Morgan fingerprint density at radius 2 is 1.93 bits per heavy atom. The van der Waals surface area contributed by atoms with E-state index >= 15 is 0 Å². The summed E-state index contributed by atoms with van der Waals surface area (Å²) in [6.07, 6.45) is 0. The van der Waals surface area contributed by atoms with E-state index in [1.807, 2.05) is 0 Å². The largest absolute Gasteiger partial charge is 0.497 e.